The molecule has 0 saturated heterocycles. The lowest BCUT2D eigenvalue weighted by Gasteiger charge is -2.26. The number of unbranched alkanes of at least 4 members (excludes halogenated alkanes) is 42. The van der Waals surface area contributed by atoms with Crippen molar-refractivity contribution in [2.45, 2.75) is 322 Å². The molecule has 0 radical (unpaired) electrons. The zero-order valence-electron chi connectivity index (χ0n) is 46.7. The van der Waals surface area contributed by atoms with E-state index in [0.29, 0.717) is 17.4 Å². The lowest BCUT2D eigenvalue weighted by Crippen LogP contribution is -2.44. The number of rotatable bonds is 57. The van der Waals surface area contributed by atoms with Gasteiger partial charge in [-0.15, -0.1) is 0 Å². The van der Waals surface area contributed by atoms with Crippen LogP contribution >= 0.6 is 0 Å². The Morgan fingerprint density at radius 2 is 0.652 bits per heavy atom. The number of carboxylic acids is 1. The number of carboxylic acid groups (broad SMARTS) is 1. The van der Waals surface area contributed by atoms with Crippen LogP contribution in [-0.4, -0.2) is 82.3 Å². The van der Waals surface area contributed by atoms with Crippen molar-refractivity contribution in [1.29, 1.82) is 0 Å². The Labute approximate surface area is 428 Å². The minimum absolute atomic E-state index is 0.153. The first kappa shape index (κ1) is 67.3. The summed E-state index contributed by atoms with van der Waals surface area (Å²) in [6.07, 6.45) is 55.8. The van der Waals surface area contributed by atoms with Crippen molar-refractivity contribution < 1.29 is 42.9 Å². The summed E-state index contributed by atoms with van der Waals surface area (Å²) in [5, 5.41) is 11.8. The molecular formula is C60H117NO8. The fourth-order valence-electron chi connectivity index (χ4n) is 9.19. The van der Waals surface area contributed by atoms with Crippen molar-refractivity contribution in [3.63, 3.8) is 0 Å². The van der Waals surface area contributed by atoms with Crippen LogP contribution in [0.3, 0.4) is 0 Å². The first-order chi connectivity index (χ1) is 33.6. The maximum atomic E-state index is 12.9. The van der Waals surface area contributed by atoms with Crippen molar-refractivity contribution in [2.24, 2.45) is 0 Å². The van der Waals surface area contributed by atoms with Crippen LogP contribution in [0.4, 0.5) is 0 Å². The number of carbonyl (C=O) groups is 3. The lowest BCUT2D eigenvalue weighted by molar-refractivity contribution is -0.870. The summed E-state index contributed by atoms with van der Waals surface area (Å²) in [5.74, 6) is -2.25. The normalized spacial score (nSPS) is 12.7. The van der Waals surface area contributed by atoms with E-state index in [-0.39, 0.29) is 32.2 Å². The SMILES string of the molecule is CCCCCCCCCCCCCCCCCCCCCCCCCC(=O)OC(COC(=O)CCCCCCCCCCCCCCCCCCCCCCC)COC(OCC[N+](C)(C)C)C(=O)[O-]. The first-order valence-electron chi connectivity index (χ1n) is 30.2. The average Bonchev–Trinajstić information content (AvgIpc) is 3.31. The second-order valence-electron chi connectivity index (χ2n) is 22.0. The van der Waals surface area contributed by atoms with E-state index in [4.69, 9.17) is 18.9 Å². The Kier molecular flexibility index (Phi) is 51.3. The van der Waals surface area contributed by atoms with E-state index < -0.39 is 24.3 Å². The van der Waals surface area contributed by atoms with E-state index in [9.17, 15) is 19.5 Å². The minimum Gasteiger partial charge on any atom is -0.545 e. The van der Waals surface area contributed by atoms with Gasteiger partial charge in [0.2, 0.25) is 0 Å². The molecule has 0 aromatic heterocycles. The van der Waals surface area contributed by atoms with Gasteiger partial charge in [-0.25, -0.2) is 0 Å². The summed E-state index contributed by atoms with van der Waals surface area (Å²) in [4.78, 5) is 37.3. The van der Waals surface area contributed by atoms with Gasteiger partial charge in [0.05, 0.1) is 40.3 Å². The fourth-order valence-corrected chi connectivity index (χ4v) is 9.19. The van der Waals surface area contributed by atoms with E-state index >= 15 is 0 Å². The molecule has 0 fully saturated rings. The highest BCUT2D eigenvalue weighted by Gasteiger charge is 2.22. The van der Waals surface area contributed by atoms with Gasteiger partial charge in [0.1, 0.15) is 13.2 Å². The second-order valence-corrected chi connectivity index (χ2v) is 22.0. The van der Waals surface area contributed by atoms with E-state index in [0.717, 1.165) is 38.5 Å². The third-order valence-electron chi connectivity index (χ3n) is 13.9. The number of quaternary nitrogens is 1. The van der Waals surface area contributed by atoms with E-state index in [1.165, 1.54) is 244 Å². The fraction of sp³-hybridized carbons (Fsp3) is 0.950. The predicted octanol–water partition coefficient (Wildman–Crippen LogP) is 16.2. The van der Waals surface area contributed by atoms with Crippen LogP contribution in [0.5, 0.6) is 0 Å². The number of aliphatic carboxylic acids is 1. The van der Waals surface area contributed by atoms with E-state index in [1.807, 2.05) is 21.1 Å². The molecule has 0 spiro atoms. The summed E-state index contributed by atoms with van der Waals surface area (Å²) in [7, 11) is 5.94. The summed E-state index contributed by atoms with van der Waals surface area (Å²) in [6.45, 7) is 4.83. The number of esters is 2. The van der Waals surface area contributed by atoms with Crippen LogP contribution in [-0.2, 0) is 33.3 Å². The quantitative estimate of drug-likeness (QED) is 0.0256. The van der Waals surface area contributed by atoms with Gasteiger partial charge in [0, 0.05) is 12.8 Å². The third-order valence-corrected chi connectivity index (χ3v) is 13.9. The highest BCUT2D eigenvalue weighted by atomic mass is 16.7. The van der Waals surface area contributed by atoms with Gasteiger partial charge in [-0.1, -0.05) is 284 Å². The standard InChI is InChI=1S/C60H117NO8/c1-6-8-10-12-14-16-18-20-22-24-26-28-29-31-33-35-37-39-41-43-45-47-49-51-58(63)69-56(55-68-60(59(64)65)66-53-52-61(3,4)5)54-67-57(62)50-48-46-44-42-40-38-36-34-32-30-27-25-23-21-19-17-15-13-11-9-7-2/h56,60H,6-55H2,1-5H3. The molecule has 0 aliphatic carbocycles. The van der Waals surface area contributed by atoms with Gasteiger partial charge < -0.3 is 33.3 Å². The number of likely N-dealkylation sites (N-methyl/N-ethyl adjacent to an activating group) is 1. The molecule has 9 heteroatoms. The Morgan fingerprint density at radius 1 is 0.377 bits per heavy atom. The van der Waals surface area contributed by atoms with E-state index in [1.54, 1.807) is 0 Å². The van der Waals surface area contributed by atoms with Gasteiger partial charge in [0.25, 0.3) is 0 Å². The molecule has 9 nitrogen and oxygen atoms in total. The lowest BCUT2D eigenvalue weighted by atomic mass is 10.0. The molecule has 0 N–H and O–H groups in total. The number of ether oxygens (including phenoxy) is 4. The van der Waals surface area contributed by atoms with Gasteiger partial charge in [-0.2, -0.15) is 0 Å². The third kappa shape index (κ3) is 53.9. The molecule has 0 saturated carbocycles. The van der Waals surface area contributed by atoms with Crippen LogP contribution in [0.25, 0.3) is 0 Å². The molecule has 2 unspecified atom stereocenters. The highest BCUT2D eigenvalue weighted by Crippen LogP contribution is 2.18. The van der Waals surface area contributed by atoms with Gasteiger partial charge in [-0.3, -0.25) is 9.59 Å². The van der Waals surface area contributed by atoms with Gasteiger partial charge in [-0.05, 0) is 12.8 Å². The van der Waals surface area contributed by atoms with Gasteiger partial charge in [0.15, 0.2) is 12.4 Å². The summed E-state index contributed by atoms with van der Waals surface area (Å²) in [5.41, 5.74) is 0. The van der Waals surface area contributed by atoms with Crippen molar-refractivity contribution in [3.05, 3.63) is 0 Å². The van der Waals surface area contributed by atoms with Crippen LogP contribution in [0.15, 0.2) is 0 Å². The Morgan fingerprint density at radius 3 is 0.928 bits per heavy atom. The summed E-state index contributed by atoms with van der Waals surface area (Å²) in [6, 6.07) is 0. The van der Waals surface area contributed by atoms with Crippen LogP contribution < -0.4 is 5.11 Å². The molecule has 410 valence electrons. The molecule has 69 heavy (non-hydrogen) atoms. The molecule has 0 aliphatic heterocycles. The number of nitrogens with zero attached hydrogens (tertiary/aromatic N) is 1. The predicted molar refractivity (Wildman–Crippen MR) is 288 cm³/mol. The smallest absolute Gasteiger partial charge is 0.306 e. The van der Waals surface area contributed by atoms with Crippen LogP contribution in [0, 0.1) is 0 Å². The molecule has 0 amide bonds. The molecule has 2 atom stereocenters. The monoisotopic (exact) mass is 980 g/mol. The van der Waals surface area contributed by atoms with Crippen molar-refractivity contribution in [3.8, 4) is 0 Å². The van der Waals surface area contributed by atoms with Crippen molar-refractivity contribution in [2.75, 3.05) is 47.5 Å². The van der Waals surface area contributed by atoms with Crippen molar-refractivity contribution >= 4 is 17.9 Å². The van der Waals surface area contributed by atoms with Crippen molar-refractivity contribution in [1.82, 2.24) is 0 Å². The second kappa shape index (κ2) is 52.6. The Bertz CT molecular complexity index is 1100. The molecule has 0 aliphatic rings. The molecular weight excluding hydrogens is 863 g/mol. The number of hydrogen-bond donors (Lipinski definition) is 0. The number of hydrogen-bond acceptors (Lipinski definition) is 8. The summed E-state index contributed by atoms with van der Waals surface area (Å²) >= 11 is 0. The average molecular weight is 981 g/mol. The topological polar surface area (TPSA) is 111 Å². The minimum atomic E-state index is -1.61. The largest absolute Gasteiger partial charge is 0.545 e. The molecule has 0 bridgehead atoms. The maximum Gasteiger partial charge on any atom is 0.306 e. The first-order valence-corrected chi connectivity index (χ1v) is 30.2. The Hall–Kier alpha value is -1.71. The zero-order valence-corrected chi connectivity index (χ0v) is 46.7. The van der Waals surface area contributed by atoms with Crippen LogP contribution in [0.2, 0.25) is 0 Å². The highest BCUT2D eigenvalue weighted by molar-refractivity contribution is 5.70. The maximum absolute atomic E-state index is 12.9. The molecule has 0 aromatic carbocycles. The molecule has 0 aromatic rings. The Balaban J connectivity index is 4.16. The molecule has 0 heterocycles. The summed E-state index contributed by atoms with van der Waals surface area (Å²) < 4.78 is 22.8. The van der Waals surface area contributed by atoms with Gasteiger partial charge >= 0.3 is 11.9 Å². The number of carbonyl (C=O) groups excluding carboxylic acids is 3. The zero-order chi connectivity index (χ0) is 50.6. The van der Waals surface area contributed by atoms with E-state index in [2.05, 4.69) is 13.8 Å². The molecule has 0 rings (SSSR count). The van der Waals surface area contributed by atoms with Crippen LogP contribution in [0.1, 0.15) is 309 Å².